The van der Waals surface area contributed by atoms with Gasteiger partial charge >= 0.3 is 0 Å². The van der Waals surface area contributed by atoms with Gasteiger partial charge in [-0.3, -0.25) is 19.5 Å². The summed E-state index contributed by atoms with van der Waals surface area (Å²) in [6, 6.07) is 19.0. The number of pyridine rings is 2. The average molecular weight is 564 g/mol. The lowest BCUT2D eigenvalue weighted by molar-refractivity contribution is 0.0695. The normalized spacial score (nSPS) is 13.9. The first kappa shape index (κ1) is 26.1. The molecule has 0 saturated carbocycles. The summed E-state index contributed by atoms with van der Waals surface area (Å²) in [5.41, 5.74) is 2.40. The van der Waals surface area contributed by atoms with E-state index in [2.05, 4.69) is 19.6 Å². The molecule has 0 unspecified atom stereocenters. The Morgan fingerprint density at radius 1 is 0.921 bits per heavy atom. The highest BCUT2D eigenvalue weighted by Crippen LogP contribution is 2.24. The van der Waals surface area contributed by atoms with Crippen LogP contribution in [0.25, 0.3) is 10.9 Å². The number of nitrogens with zero attached hydrogens (tertiary/aromatic N) is 4. The molecule has 2 aromatic heterocycles. The Bertz CT molecular complexity index is 1550. The van der Waals surface area contributed by atoms with E-state index in [1.165, 1.54) is 6.07 Å². The highest BCUT2D eigenvalue weighted by Gasteiger charge is 2.24. The number of carbonyl (C=O) groups excluding carboxylic acids is 1. The van der Waals surface area contributed by atoms with Crippen LogP contribution in [0.5, 0.6) is 0 Å². The molecule has 4 aromatic rings. The minimum atomic E-state index is -3.86. The van der Waals surface area contributed by atoms with Crippen molar-refractivity contribution in [1.29, 1.82) is 0 Å². The number of rotatable bonds is 6. The molecule has 0 radical (unpaired) electrons. The lowest BCUT2D eigenvalue weighted by Crippen LogP contribution is -2.49. The van der Waals surface area contributed by atoms with Crippen molar-refractivity contribution >= 4 is 60.8 Å². The maximum Gasteiger partial charge on any atom is 0.264 e. The number of nitrogens with one attached hydrogen (secondary N) is 1. The van der Waals surface area contributed by atoms with E-state index in [4.69, 9.17) is 12.2 Å². The van der Waals surface area contributed by atoms with Gasteiger partial charge in [-0.1, -0.05) is 48.2 Å². The van der Waals surface area contributed by atoms with Gasteiger partial charge in [-0.25, -0.2) is 8.42 Å². The van der Waals surface area contributed by atoms with Gasteiger partial charge in [0.1, 0.15) is 9.22 Å². The Morgan fingerprint density at radius 3 is 2.37 bits per heavy atom. The maximum atomic E-state index is 13.1. The monoisotopic (exact) mass is 563 g/mol. The smallest absolute Gasteiger partial charge is 0.264 e. The van der Waals surface area contributed by atoms with Gasteiger partial charge in [-0.15, -0.1) is 0 Å². The number of aromatic nitrogens is 2. The van der Waals surface area contributed by atoms with Crippen molar-refractivity contribution in [1.82, 2.24) is 19.8 Å². The summed E-state index contributed by atoms with van der Waals surface area (Å²) in [6.07, 6.45) is 5.15. The molecule has 194 valence electrons. The van der Waals surface area contributed by atoms with E-state index in [9.17, 15) is 13.2 Å². The topological polar surface area (TPSA) is 95.5 Å². The van der Waals surface area contributed by atoms with Crippen molar-refractivity contribution in [3.8, 4) is 0 Å². The third-order valence-corrected chi connectivity index (χ3v) is 9.19. The molecule has 0 bridgehead atoms. The SMILES string of the molecule is O=C(c1ccc(NS(=O)(=O)c2cccc3cccnc23)cc1)N1CCN(C(=S)SCc2cccnc2)CC1. The van der Waals surface area contributed by atoms with E-state index in [0.717, 1.165) is 21.0 Å². The number of benzene rings is 2. The molecule has 0 atom stereocenters. The molecule has 0 spiro atoms. The molecule has 5 rings (SSSR count). The number of sulfonamides is 1. The fourth-order valence-corrected chi connectivity index (χ4v) is 6.60. The molecule has 3 heterocycles. The number of hydrogen-bond acceptors (Lipinski definition) is 7. The average Bonchev–Trinajstić information content (AvgIpc) is 2.96. The first-order valence-corrected chi connectivity index (χ1v) is 14.8. The van der Waals surface area contributed by atoms with Crippen LogP contribution in [-0.2, 0) is 15.8 Å². The van der Waals surface area contributed by atoms with Crippen LogP contribution in [-0.4, -0.2) is 64.6 Å². The number of thiocarbonyl (C=S) groups is 1. The molecule has 0 aliphatic carbocycles. The molecule has 2 aromatic carbocycles. The minimum absolute atomic E-state index is 0.0914. The Balaban J connectivity index is 1.17. The number of amides is 1. The first-order valence-electron chi connectivity index (χ1n) is 12.0. The zero-order valence-corrected chi connectivity index (χ0v) is 22.8. The number of anilines is 1. The molecule has 1 aliphatic heterocycles. The fraction of sp³-hybridized carbons (Fsp3) is 0.185. The minimum Gasteiger partial charge on any atom is -0.354 e. The molecule has 1 N–H and O–H groups in total. The molecular formula is C27H25N5O3S3. The number of thioether (sulfide) groups is 1. The summed E-state index contributed by atoms with van der Waals surface area (Å²) in [6.45, 7) is 2.47. The van der Waals surface area contributed by atoms with Crippen molar-refractivity contribution in [3.63, 3.8) is 0 Å². The van der Waals surface area contributed by atoms with Crippen LogP contribution in [0.4, 0.5) is 5.69 Å². The molecule has 1 saturated heterocycles. The summed E-state index contributed by atoms with van der Waals surface area (Å²) in [5.74, 6) is 0.671. The molecule has 1 fully saturated rings. The Kier molecular flexibility index (Phi) is 7.87. The largest absolute Gasteiger partial charge is 0.354 e. The fourth-order valence-electron chi connectivity index (χ4n) is 4.18. The van der Waals surface area contributed by atoms with Crippen LogP contribution in [0.2, 0.25) is 0 Å². The Hall–Kier alpha value is -3.54. The molecule has 1 aliphatic rings. The van der Waals surface area contributed by atoms with E-state index in [1.807, 2.05) is 30.5 Å². The van der Waals surface area contributed by atoms with E-state index in [-0.39, 0.29) is 10.8 Å². The van der Waals surface area contributed by atoms with Crippen molar-refractivity contribution in [3.05, 3.63) is 96.4 Å². The first-order chi connectivity index (χ1) is 18.4. The van der Waals surface area contributed by atoms with Crippen LogP contribution in [0.1, 0.15) is 15.9 Å². The number of carbonyl (C=O) groups is 1. The molecule has 8 nitrogen and oxygen atoms in total. The standard InChI is InChI=1S/C27H25N5O3S3/c33-26(31-14-16-32(17-15-31)27(36)37-19-20-4-2-12-28-18-20)22-8-10-23(11-9-22)30-38(34,35)24-7-1-5-21-6-3-13-29-25(21)24/h1-13,18,30H,14-17,19H2. The van der Waals surface area contributed by atoms with Crippen LogP contribution < -0.4 is 4.72 Å². The van der Waals surface area contributed by atoms with E-state index < -0.39 is 10.0 Å². The number of piperazine rings is 1. The molecular weight excluding hydrogens is 539 g/mol. The second kappa shape index (κ2) is 11.5. The number of fused-ring (bicyclic) bond motifs is 1. The van der Waals surface area contributed by atoms with Crippen LogP contribution in [0.15, 0.2) is 90.2 Å². The molecule has 1 amide bonds. The third kappa shape index (κ3) is 5.95. The Morgan fingerprint density at radius 2 is 1.63 bits per heavy atom. The Labute approximate surface area is 231 Å². The lowest BCUT2D eigenvalue weighted by atomic mass is 10.1. The van der Waals surface area contributed by atoms with Crippen molar-refractivity contribution in [2.75, 3.05) is 30.9 Å². The molecule has 38 heavy (non-hydrogen) atoms. The summed E-state index contributed by atoms with van der Waals surface area (Å²) in [5, 5.41) is 0.740. The van der Waals surface area contributed by atoms with Gasteiger partial charge in [-0.2, -0.15) is 0 Å². The summed E-state index contributed by atoms with van der Waals surface area (Å²) < 4.78 is 29.5. The predicted octanol–water partition coefficient (Wildman–Crippen LogP) is 4.41. The zero-order chi connectivity index (χ0) is 26.5. The van der Waals surface area contributed by atoms with Gasteiger partial charge in [-0.05, 0) is 48.0 Å². The van der Waals surface area contributed by atoms with Crippen LogP contribution >= 0.6 is 24.0 Å². The quantitative estimate of drug-likeness (QED) is 0.345. The van der Waals surface area contributed by atoms with Gasteiger partial charge in [0, 0.05) is 67.2 Å². The highest BCUT2D eigenvalue weighted by atomic mass is 32.2. The predicted molar refractivity (Wildman–Crippen MR) is 155 cm³/mol. The number of para-hydroxylation sites is 1. The van der Waals surface area contributed by atoms with Crippen molar-refractivity contribution < 1.29 is 13.2 Å². The zero-order valence-electron chi connectivity index (χ0n) is 20.4. The second-order valence-corrected chi connectivity index (χ2v) is 12.0. The van der Waals surface area contributed by atoms with Crippen molar-refractivity contribution in [2.24, 2.45) is 0 Å². The third-order valence-electron chi connectivity index (χ3n) is 6.18. The van der Waals surface area contributed by atoms with Gasteiger partial charge in [0.15, 0.2) is 0 Å². The number of hydrogen-bond donors (Lipinski definition) is 1. The lowest BCUT2D eigenvalue weighted by Gasteiger charge is -2.36. The van der Waals surface area contributed by atoms with E-state index >= 15 is 0 Å². The van der Waals surface area contributed by atoms with Gasteiger partial charge in [0.25, 0.3) is 15.9 Å². The van der Waals surface area contributed by atoms with Crippen molar-refractivity contribution in [2.45, 2.75) is 10.6 Å². The van der Waals surface area contributed by atoms with Gasteiger partial charge < -0.3 is 9.80 Å². The highest BCUT2D eigenvalue weighted by molar-refractivity contribution is 8.22. The maximum absolute atomic E-state index is 13.1. The van der Waals surface area contributed by atoms with Gasteiger partial charge in [0.05, 0.1) is 5.52 Å². The van der Waals surface area contributed by atoms with Gasteiger partial charge in [0.2, 0.25) is 0 Å². The second-order valence-electron chi connectivity index (χ2n) is 8.71. The van der Waals surface area contributed by atoms with E-state index in [1.54, 1.807) is 65.5 Å². The summed E-state index contributed by atoms with van der Waals surface area (Å²) in [4.78, 5) is 25.5. The summed E-state index contributed by atoms with van der Waals surface area (Å²) in [7, 11) is -3.86. The molecule has 11 heteroatoms. The summed E-state index contributed by atoms with van der Waals surface area (Å²) >= 11 is 7.20. The van der Waals surface area contributed by atoms with Crippen LogP contribution in [0, 0.1) is 0 Å². The van der Waals surface area contributed by atoms with E-state index in [0.29, 0.717) is 42.9 Å². The van der Waals surface area contributed by atoms with Crippen LogP contribution in [0.3, 0.4) is 0 Å².